The van der Waals surface area contributed by atoms with Crippen molar-refractivity contribution in [3.63, 3.8) is 0 Å². The zero-order valence-electron chi connectivity index (χ0n) is 17.1. The molecule has 0 bridgehead atoms. The molecule has 5 nitrogen and oxygen atoms in total. The Morgan fingerprint density at radius 3 is 2.00 bits per heavy atom. The molecule has 0 amide bonds. The van der Waals surface area contributed by atoms with Gasteiger partial charge < -0.3 is 9.47 Å². The summed E-state index contributed by atoms with van der Waals surface area (Å²) < 4.78 is 13.0. The van der Waals surface area contributed by atoms with E-state index in [2.05, 4.69) is 12.1 Å². The minimum atomic E-state index is 0.684. The van der Waals surface area contributed by atoms with Crippen LogP contribution in [0.5, 0.6) is 11.5 Å². The van der Waals surface area contributed by atoms with E-state index in [1.165, 1.54) is 0 Å². The van der Waals surface area contributed by atoms with Crippen molar-refractivity contribution in [3.8, 4) is 28.4 Å². The molecule has 0 fully saturated rings. The minimum absolute atomic E-state index is 0.684. The number of aryl methyl sites for hydroxylation is 1. The number of hydrogen-bond acceptors (Lipinski definition) is 4. The van der Waals surface area contributed by atoms with E-state index in [1.54, 1.807) is 14.2 Å². The lowest BCUT2D eigenvalue weighted by molar-refractivity contribution is 0.356. The average Bonchev–Trinajstić information content (AvgIpc) is 3.19. The molecule has 0 aliphatic heterocycles. The Balaban J connectivity index is 1.96. The Morgan fingerprint density at radius 2 is 1.37 bits per heavy atom. The van der Waals surface area contributed by atoms with E-state index in [-0.39, 0.29) is 0 Å². The van der Waals surface area contributed by atoms with Gasteiger partial charge in [0.25, 0.3) is 0 Å². The quantitative estimate of drug-likeness (QED) is 0.399. The number of para-hydroxylation sites is 1. The molecule has 2 aromatic heterocycles. The SMILES string of the molecule is COc1cc2c(C)nc3c(c(-c4ccccc4)nn3-c3ccccc3)c2cc1OC. The summed E-state index contributed by atoms with van der Waals surface area (Å²) in [4.78, 5) is 4.96. The van der Waals surface area contributed by atoms with Crippen LogP contribution in [0.1, 0.15) is 5.69 Å². The van der Waals surface area contributed by atoms with Gasteiger partial charge >= 0.3 is 0 Å². The highest BCUT2D eigenvalue weighted by Crippen LogP contribution is 2.40. The van der Waals surface area contributed by atoms with Crippen LogP contribution in [0.3, 0.4) is 0 Å². The van der Waals surface area contributed by atoms with Crippen molar-refractivity contribution in [1.82, 2.24) is 14.8 Å². The van der Waals surface area contributed by atoms with Crippen molar-refractivity contribution in [2.24, 2.45) is 0 Å². The van der Waals surface area contributed by atoms with Gasteiger partial charge in [-0.05, 0) is 31.2 Å². The fourth-order valence-corrected chi connectivity index (χ4v) is 3.91. The molecule has 0 aliphatic rings. The Hall–Kier alpha value is -3.86. The summed E-state index contributed by atoms with van der Waals surface area (Å²) in [7, 11) is 3.30. The second-order valence-electron chi connectivity index (χ2n) is 7.11. The van der Waals surface area contributed by atoms with E-state index < -0.39 is 0 Å². The lowest BCUT2D eigenvalue weighted by Gasteiger charge is -2.12. The van der Waals surface area contributed by atoms with Crippen LogP contribution in [0.15, 0.2) is 72.8 Å². The van der Waals surface area contributed by atoms with E-state index in [9.17, 15) is 0 Å². The number of benzene rings is 3. The van der Waals surface area contributed by atoms with Crippen molar-refractivity contribution >= 4 is 21.8 Å². The van der Waals surface area contributed by atoms with Gasteiger partial charge in [-0.2, -0.15) is 5.10 Å². The monoisotopic (exact) mass is 395 g/mol. The molecule has 30 heavy (non-hydrogen) atoms. The molecule has 0 aliphatic carbocycles. The maximum absolute atomic E-state index is 5.60. The molecule has 2 heterocycles. The molecule has 3 aromatic carbocycles. The van der Waals surface area contributed by atoms with Crippen molar-refractivity contribution in [2.45, 2.75) is 6.92 Å². The lowest BCUT2D eigenvalue weighted by Crippen LogP contribution is -1.99. The van der Waals surface area contributed by atoms with Crippen molar-refractivity contribution in [1.29, 1.82) is 0 Å². The summed E-state index contributed by atoms with van der Waals surface area (Å²) in [6.07, 6.45) is 0. The number of hydrogen-bond donors (Lipinski definition) is 0. The summed E-state index contributed by atoms with van der Waals surface area (Å²) in [6, 6.07) is 24.3. The number of methoxy groups -OCH3 is 2. The first-order valence-electron chi connectivity index (χ1n) is 9.77. The highest BCUT2D eigenvalue weighted by Gasteiger charge is 2.20. The number of aromatic nitrogens is 3. The number of fused-ring (bicyclic) bond motifs is 3. The van der Waals surface area contributed by atoms with Crippen molar-refractivity contribution in [2.75, 3.05) is 14.2 Å². The molecule has 0 atom stereocenters. The molecule has 0 spiro atoms. The number of nitrogens with zero attached hydrogens (tertiary/aromatic N) is 3. The van der Waals surface area contributed by atoms with E-state index in [4.69, 9.17) is 19.6 Å². The van der Waals surface area contributed by atoms with Crippen LogP contribution in [0.2, 0.25) is 0 Å². The van der Waals surface area contributed by atoms with Gasteiger partial charge in [-0.3, -0.25) is 0 Å². The van der Waals surface area contributed by atoms with Crippen LogP contribution >= 0.6 is 0 Å². The summed E-state index contributed by atoms with van der Waals surface area (Å²) in [5.74, 6) is 1.37. The Morgan fingerprint density at radius 1 is 0.767 bits per heavy atom. The summed E-state index contributed by atoms with van der Waals surface area (Å²) in [5.41, 5.74) is 4.63. The van der Waals surface area contributed by atoms with E-state index >= 15 is 0 Å². The third kappa shape index (κ3) is 2.78. The molecule has 0 radical (unpaired) electrons. The number of pyridine rings is 1. The minimum Gasteiger partial charge on any atom is -0.493 e. The molecular weight excluding hydrogens is 374 g/mol. The topological polar surface area (TPSA) is 49.2 Å². The molecule has 0 saturated carbocycles. The largest absolute Gasteiger partial charge is 0.493 e. The van der Waals surface area contributed by atoms with Crippen LogP contribution in [0.25, 0.3) is 38.8 Å². The Kier molecular flexibility index (Phi) is 4.36. The predicted molar refractivity (Wildman–Crippen MR) is 120 cm³/mol. The van der Waals surface area contributed by atoms with E-state index in [1.807, 2.05) is 72.3 Å². The second-order valence-corrected chi connectivity index (χ2v) is 7.11. The molecule has 5 heteroatoms. The maximum atomic E-state index is 5.60. The normalized spacial score (nSPS) is 11.2. The van der Waals surface area contributed by atoms with Crippen molar-refractivity contribution in [3.05, 3.63) is 78.5 Å². The summed E-state index contributed by atoms with van der Waals surface area (Å²) in [5, 5.41) is 8.05. The van der Waals surface area contributed by atoms with E-state index in [0.29, 0.717) is 11.5 Å². The van der Waals surface area contributed by atoms with Gasteiger partial charge in [0.15, 0.2) is 17.1 Å². The Labute approximate surface area is 174 Å². The third-order valence-electron chi connectivity index (χ3n) is 5.37. The fourth-order valence-electron chi connectivity index (χ4n) is 3.91. The molecule has 0 saturated heterocycles. The van der Waals surface area contributed by atoms with Crippen LogP contribution in [0, 0.1) is 6.92 Å². The first-order chi connectivity index (χ1) is 14.7. The standard InChI is InChI=1S/C25H21N3O2/c1-16-19-14-21(29-2)22(30-3)15-20(19)23-24(17-10-6-4-7-11-17)27-28(25(23)26-16)18-12-8-5-9-13-18/h4-15H,1-3H3. The first-order valence-corrected chi connectivity index (χ1v) is 9.77. The maximum Gasteiger partial charge on any atom is 0.164 e. The number of ether oxygens (including phenoxy) is 2. The highest BCUT2D eigenvalue weighted by molar-refractivity contribution is 6.13. The molecule has 5 aromatic rings. The van der Waals surface area contributed by atoms with Gasteiger partial charge in [0.05, 0.1) is 25.3 Å². The summed E-state index contributed by atoms with van der Waals surface area (Å²) >= 11 is 0. The zero-order chi connectivity index (χ0) is 20.7. The van der Waals surface area contributed by atoms with Crippen LogP contribution < -0.4 is 9.47 Å². The van der Waals surface area contributed by atoms with Crippen LogP contribution in [-0.2, 0) is 0 Å². The van der Waals surface area contributed by atoms with Gasteiger partial charge in [0, 0.05) is 22.0 Å². The third-order valence-corrected chi connectivity index (χ3v) is 5.37. The Bertz CT molecular complexity index is 1360. The zero-order valence-corrected chi connectivity index (χ0v) is 17.1. The second kappa shape index (κ2) is 7.19. The van der Waals surface area contributed by atoms with Gasteiger partial charge in [-0.1, -0.05) is 48.5 Å². The first kappa shape index (κ1) is 18.2. The lowest BCUT2D eigenvalue weighted by atomic mass is 10.0. The molecule has 0 unspecified atom stereocenters. The highest BCUT2D eigenvalue weighted by atomic mass is 16.5. The predicted octanol–water partition coefficient (Wildman–Crippen LogP) is 5.57. The van der Waals surface area contributed by atoms with Gasteiger partial charge in [-0.25, -0.2) is 9.67 Å². The molecule has 5 rings (SSSR count). The molecule has 0 N–H and O–H groups in total. The number of rotatable bonds is 4. The molecule has 148 valence electrons. The van der Waals surface area contributed by atoms with Gasteiger partial charge in [0.1, 0.15) is 5.69 Å². The smallest absolute Gasteiger partial charge is 0.164 e. The molecular formula is C25H21N3O2. The van der Waals surface area contributed by atoms with Crippen LogP contribution in [-0.4, -0.2) is 29.0 Å². The average molecular weight is 395 g/mol. The van der Waals surface area contributed by atoms with Gasteiger partial charge in [-0.15, -0.1) is 0 Å². The van der Waals surface area contributed by atoms with Gasteiger partial charge in [0.2, 0.25) is 0 Å². The fraction of sp³-hybridized carbons (Fsp3) is 0.120. The van der Waals surface area contributed by atoms with E-state index in [0.717, 1.165) is 44.4 Å². The summed E-state index contributed by atoms with van der Waals surface area (Å²) in [6.45, 7) is 2.01. The van der Waals surface area contributed by atoms with Crippen molar-refractivity contribution < 1.29 is 9.47 Å². The van der Waals surface area contributed by atoms with Crippen LogP contribution in [0.4, 0.5) is 0 Å².